The number of likely N-dealkylation sites (tertiary alicyclic amines) is 3. The molecule has 0 radical (unpaired) electrons. The van der Waals surface area contributed by atoms with Crippen LogP contribution in [0.15, 0.2) is 192 Å². The number of aliphatic imine (C=N–C) groups is 2. The zero-order valence-electron chi connectivity index (χ0n) is 77.5. The molecular formula is C107H109F4N13O15. The number of carbonyl (C=O) groups excluding carboxylic acids is 7. The van der Waals surface area contributed by atoms with Crippen LogP contribution < -0.4 is 21.3 Å². The van der Waals surface area contributed by atoms with E-state index in [4.69, 9.17) is 38.8 Å². The van der Waals surface area contributed by atoms with Gasteiger partial charge in [0.05, 0.1) is 81.7 Å². The molecule has 2 aromatic heterocycles. The van der Waals surface area contributed by atoms with Crippen molar-refractivity contribution in [2.75, 3.05) is 61.4 Å². The second kappa shape index (κ2) is 38.8. The van der Waals surface area contributed by atoms with Gasteiger partial charge in [0.1, 0.15) is 29.8 Å². The average Bonchev–Trinajstić information content (AvgIpc) is 1.60. The molecule has 4 bridgehead atoms. The van der Waals surface area contributed by atoms with Crippen LogP contribution in [0.25, 0.3) is 67.0 Å². The van der Waals surface area contributed by atoms with Gasteiger partial charge in [0, 0.05) is 109 Å². The normalized spacial score (nSPS) is 22.2. The van der Waals surface area contributed by atoms with Crippen molar-refractivity contribution in [3.63, 3.8) is 0 Å². The van der Waals surface area contributed by atoms with Crippen molar-refractivity contribution in [2.24, 2.45) is 33.7 Å². The summed E-state index contributed by atoms with van der Waals surface area (Å²) in [6, 6.07) is 46.2. The third kappa shape index (κ3) is 18.0. The number of hydrogen-bond acceptors (Lipinski definition) is 18. The molecule has 8 fully saturated rings. The highest BCUT2D eigenvalue weighted by Crippen LogP contribution is 2.57. The third-order valence-corrected chi connectivity index (χ3v) is 30.5. The molecule has 0 unspecified atom stereocenters. The number of aliphatic carboxylic acids is 1. The lowest BCUT2D eigenvalue weighted by Gasteiger charge is -2.40. The Morgan fingerprint density at radius 2 is 0.820 bits per heavy atom. The molecule has 3 saturated carbocycles. The minimum atomic E-state index is -3.29. The number of nitrogens with one attached hydrogen (secondary N) is 6. The molecule has 32 heteroatoms. The number of hydrogen-bond donors (Lipinski definition) is 7. The van der Waals surface area contributed by atoms with Crippen LogP contribution in [0.2, 0.25) is 0 Å². The summed E-state index contributed by atoms with van der Waals surface area (Å²) in [7, 11) is 5.05. The molecule has 12 aliphatic rings. The number of alkyl carbamates (subject to hydrolysis) is 4. The standard InChI is InChI=1S/C53H53F2N7O7.C44H45F2N5O4.C10H11NO4/c1-67-51(65)59-45(29-7-4-3-5-8-29)49(63)61-20-6-9-44(61)48-56-28-43(58-48)33-12-16-38-37-15-11-32(25-39(37)53(54,55)40(38)26-33)31-13-17-41-35(23-31)27-42(57-41)47-34-10-14-36(24-34)62(47)50(64)46(60-52(66)68-2)30-18-21-69-22-19-30;1-54-43(53)50-39(24-14-16-55-17-15-24)42(52)51-31-10-6-29(19-31)40(51)37-22-30-18-26(9-13-36(30)48-37)27-7-11-32-33-12-8-28(21-35(33)44(45,46)34(32)20-27)38-23-47-41(49-38)25-4-2-3-5-25;1-15-10(14)11-8(9(12)13)7-5-3-2-4-6-7/h3-5,7-8,11-13,15-17,23,25-26,28,30,34,36,44-47H,6,9-10,14,18-22,24,27H2,1-2H3,(H,56,58)(H,59,65)(H,60,66);7-9,11-13,18,20-21,23-25,29,31,39-40H,2-6,10,14-17,19,22H2,1H3,(H,47,49)(H,50,53);2-6,8H,1H3,(H,11,14)(H,12,13)/t34-,36+,44-,45+,46-,47-;29-,31+,39-,40-;8-/m001/s1. The fraction of sp³-hybridized carbons (Fsp3) is 0.402. The predicted octanol–water partition coefficient (Wildman–Crippen LogP) is 18.6. The second-order valence-electron chi connectivity index (χ2n) is 38.2. The molecule has 720 valence electrons. The summed E-state index contributed by atoms with van der Waals surface area (Å²) in [5.74, 6) is -5.68. The van der Waals surface area contributed by atoms with Crippen LogP contribution in [0.5, 0.6) is 0 Å². The minimum Gasteiger partial charge on any atom is -0.479 e. The van der Waals surface area contributed by atoms with Gasteiger partial charge in [-0.15, -0.1) is 0 Å². The Balaban J connectivity index is 0.000000151. The number of halogens is 4. The van der Waals surface area contributed by atoms with Crippen LogP contribution in [-0.2, 0) is 72.3 Å². The molecule has 5 aliphatic carbocycles. The molecule has 8 aromatic carbocycles. The summed E-state index contributed by atoms with van der Waals surface area (Å²) in [5, 5.41) is 19.5. The van der Waals surface area contributed by atoms with Crippen LogP contribution in [0.4, 0.5) is 48.1 Å². The molecule has 22 rings (SSSR count). The minimum absolute atomic E-state index is 0.0154. The van der Waals surface area contributed by atoms with Crippen LogP contribution in [0.1, 0.15) is 183 Å². The van der Waals surface area contributed by atoms with E-state index in [1.165, 1.54) is 47.3 Å². The Morgan fingerprint density at radius 1 is 0.432 bits per heavy atom. The smallest absolute Gasteiger partial charge is 0.407 e. The molecule has 139 heavy (non-hydrogen) atoms. The van der Waals surface area contributed by atoms with Gasteiger partial charge in [-0.1, -0.05) is 134 Å². The lowest BCUT2D eigenvalue weighted by atomic mass is 9.88. The van der Waals surface area contributed by atoms with E-state index >= 15 is 17.6 Å². The van der Waals surface area contributed by atoms with E-state index in [1.54, 1.807) is 102 Å². The molecular weight excluding hydrogens is 1780 g/mol. The fourth-order valence-corrected chi connectivity index (χ4v) is 23.6. The van der Waals surface area contributed by atoms with Crippen LogP contribution in [0, 0.1) is 23.7 Å². The highest BCUT2D eigenvalue weighted by molar-refractivity contribution is 6.04. The Morgan fingerprint density at radius 3 is 1.26 bits per heavy atom. The number of ether oxygens (including phenoxy) is 6. The third-order valence-electron chi connectivity index (χ3n) is 30.5. The highest BCUT2D eigenvalue weighted by Gasteiger charge is 2.56. The van der Waals surface area contributed by atoms with Gasteiger partial charge in [0.2, 0.25) is 11.8 Å². The maximum Gasteiger partial charge on any atom is 0.407 e. The van der Waals surface area contributed by atoms with Gasteiger partial charge >= 0.3 is 30.3 Å². The van der Waals surface area contributed by atoms with Crippen molar-refractivity contribution in [1.82, 2.24) is 55.9 Å². The van der Waals surface area contributed by atoms with Gasteiger partial charge in [-0.3, -0.25) is 24.4 Å². The molecule has 7 amide bonds. The molecule has 7 aliphatic heterocycles. The van der Waals surface area contributed by atoms with Gasteiger partial charge in [0.25, 0.3) is 17.8 Å². The maximum atomic E-state index is 16.7. The lowest BCUT2D eigenvalue weighted by molar-refractivity contribution is -0.140. The van der Waals surface area contributed by atoms with Gasteiger partial charge in [0.15, 0.2) is 6.04 Å². The van der Waals surface area contributed by atoms with E-state index in [2.05, 4.69) is 52.0 Å². The van der Waals surface area contributed by atoms with Gasteiger partial charge in [-0.25, -0.2) is 33.9 Å². The Bertz CT molecular complexity index is 6490. The van der Waals surface area contributed by atoms with Crippen LogP contribution in [-0.4, -0.2) is 197 Å². The summed E-state index contributed by atoms with van der Waals surface area (Å²) in [5.41, 5.74) is 14.1. The van der Waals surface area contributed by atoms with E-state index in [0.29, 0.717) is 151 Å². The zero-order valence-corrected chi connectivity index (χ0v) is 77.5. The van der Waals surface area contributed by atoms with Crippen molar-refractivity contribution in [2.45, 2.75) is 188 Å². The number of carboxylic acid groups (broad SMARTS) is 1. The number of H-pyrrole nitrogens is 2. The number of alkyl halides is 4. The van der Waals surface area contributed by atoms with Crippen LogP contribution in [0.3, 0.4) is 0 Å². The van der Waals surface area contributed by atoms with Crippen molar-refractivity contribution in [3.05, 3.63) is 238 Å². The Labute approximate surface area is 800 Å². The first-order valence-electron chi connectivity index (χ1n) is 48.1. The number of fused-ring (bicyclic) bond motifs is 12. The number of nitrogens with zero attached hydrogens (tertiary/aromatic N) is 7. The number of carboxylic acids is 1. The quantitative estimate of drug-likeness (QED) is 0.0275. The van der Waals surface area contributed by atoms with Crippen molar-refractivity contribution >= 4 is 70.9 Å². The SMILES string of the molecule is COC(=O)N[C@@H](C(=O)O)c1ccccc1.COC(=O)N[C@H](C(=O)N1[C@@H]2CC[C@@H](C2)[C@H]1C1=Nc2ccc(-c3ccc4c(c3)C(F)(F)c3cc(-c5cnc(C6CCCC6)[nH]5)ccc3-4)cc2C1)C1CCOCC1.COC(=O)N[C@H](C(=O)N1[C@@H]2CC[C@@H](C2)[C@H]1C1=Nc2ccc(-c3ccc4c(c3)C(F)(F)c3cc(-c5cnc([C@@H]6CCCN6C(=O)[C@H](NC(=O)OC)c6ccccc6)[nH]5)ccc3-4)cc2C1)C1CCOCC1. The molecule has 10 aromatic rings. The Kier molecular flexibility index (Phi) is 25.9. The first kappa shape index (κ1) is 92.8. The van der Waals surface area contributed by atoms with E-state index < -0.39 is 72.4 Å². The number of benzene rings is 8. The largest absolute Gasteiger partial charge is 0.479 e. The first-order chi connectivity index (χ1) is 67.4. The number of aromatic nitrogens is 4. The summed E-state index contributed by atoms with van der Waals surface area (Å²) in [4.78, 5) is 134. The molecule has 11 atom stereocenters. The monoisotopic (exact) mass is 1890 g/mol. The number of carbonyl (C=O) groups is 8. The van der Waals surface area contributed by atoms with Gasteiger partial charge in [-0.2, -0.15) is 17.6 Å². The van der Waals surface area contributed by atoms with Crippen molar-refractivity contribution in [1.29, 1.82) is 0 Å². The van der Waals surface area contributed by atoms with Crippen LogP contribution >= 0.6 is 0 Å². The predicted molar refractivity (Wildman–Crippen MR) is 509 cm³/mol. The number of methoxy groups -OCH3 is 4. The molecule has 5 saturated heterocycles. The molecule has 28 nitrogen and oxygen atoms in total. The first-order valence-corrected chi connectivity index (χ1v) is 48.1. The maximum absolute atomic E-state index is 16.7. The number of rotatable bonds is 20. The number of imidazole rings is 2. The number of aromatic amines is 2. The van der Waals surface area contributed by atoms with Crippen molar-refractivity contribution < 1.29 is 89.4 Å². The van der Waals surface area contributed by atoms with E-state index in [-0.39, 0.29) is 81.9 Å². The van der Waals surface area contributed by atoms with Gasteiger partial charge < -0.3 is 79.5 Å². The topological polar surface area (TPSA) is 352 Å². The zero-order chi connectivity index (χ0) is 96.2. The summed E-state index contributed by atoms with van der Waals surface area (Å²) >= 11 is 0. The average molecular weight is 1890 g/mol. The molecule has 0 spiro atoms. The van der Waals surface area contributed by atoms with Crippen molar-refractivity contribution in [3.8, 4) is 67.0 Å². The number of piperidine rings is 2. The molecule has 7 N–H and O–H groups in total. The number of amides is 7. The van der Waals surface area contributed by atoms with E-state index in [9.17, 15) is 38.4 Å². The fourth-order valence-electron chi connectivity index (χ4n) is 23.6. The highest BCUT2D eigenvalue weighted by atomic mass is 19.3. The summed E-state index contributed by atoms with van der Waals surface area (Å²) in [6.45, 7) is 2.63. The Hall–Kier alpha value is -13.9. The van der Waals surface area contributed by atoms with Gasteiger partial charge in [-0.05, 0) is 229 Å². The lowest BCUT2D eigenvalue weighted by Crippen LogP contribution is -2.58. The summed E-state index contributed by atoms with van der Waals surface area (Å²) in [6.07, 6.45) is 16.1. The second-order valence-corrected chi connectivity index (χ2v) is 38.2. The van der Waals surface area contributed by atoms with E-state index in [1.807, 2.05) is 82.6 Å². The van der Waals surface area contributed by atoms with E-state index in [0.717, 1.165) is 120 Å². The molecule has 9 heterocycles. The summed E-state index contributed by atoms with van der Waals surface area (Å²) < 4.78 is 96.3.